The molecule has 1 aliphatic heterocycles. The molecule has 1 aliphatic rings. The normalized spacial score (nSPS) is 15.7. The molecule has 0 spiro atoms. The molecule has 0 aromatic carbocycles. The Morgan fingerprint density at radius 2 is 2.22 bits per heavy atom. The number of hydrogen-bond donors (Lipinski definition) is 1. The second kappa shape index (κ2) is 8.47. The summed E-state index contributed by atoms with van der Waals surface area (Å²) in [6.07, 6.45) is 4.80. The van der Waals surface area contributed by atoms with Crippen LogP contribution in [-0.2, 0) is 9.53 Å². The molecule has 3 rings (SSSR count). The van der Waals surface area contributed by atoms with E-state index >= 15 is 0 Å². The van der Waals surface area contributed by atoms with E-state index in [-0.39, 0.29) is 11.5 Å². The highest BCUT2D eigenvalue weighted by atomic mass is 32.2. The quantitative estimate of drug-likeness (QED) is 0.329. The molecule has 1 amide bonds. The van der Waals surface area contributed by atoms with Gasteiger partial charge in [-0.3, -0.25) is 18.9 Å². The maximum atomic E-state index is 13.0. The van der Waals surface area contributed by atoms with Crippen LogP contribution in [-0.4, -0.2) is 51.3 Å². The van der Waals surface area contributed by atoms with E-state index in [0.29, 0.717) is 46.0 Å². The molecule has 2 aromatic heterocycles. The Morgan fingerprint density at radius 1 is 1.41 bits per heavy atom. The molecule has 27 heavy (non-hydrogen) atoms. The van der Waals surface area contributed by atoms with E-state index < -0.39 is 0 Å². The molecule has 0 aliphatic carbocycles. The smallest absolute Gasteiger partial charge is 0.267 e. The molecule has 7 nitrogen and oxygen atoms in total. The van der Waals surface area contributed by atoms with Crippen LogP contribution >= 0.6 is 24.0 Å². The Labute approximate surface area is 165 Å². The first-order valence-electron chi connectivity index (χ1n) is 8.17. The van der Waals surface area contributed by atoms with Gasteiger partial charge in [0.15, 0.2) is 0 Å². The van der Waals surface area contributed by atoms with Crippen molar-refractivity contribution in [2.45, 2.75) is 0 Å². The number of nitrogens with one attached hydrogen (secondary N) is 1. The number of hydrogen-bond acceptors (Lipinski definition) is 7. The fourth-order valence-corrected chi connectivity index (χ4v) is 3.81. The number of carbonyl (C=O) groups excluding carboxylic acids is 1. The number of thiocarbonyl (C=S) groups is 1. The average Bonchev–Trinajstić information content (AvgIpc) is 2.93. The SMILES string of the molecule is C=CCN1C(=O)/C(=C\c2c(NCCOC)nc3ccccn3c2=O)SC1=S. The molecule has 0 atom stereocenters. The summed E-state index contributed by atoms with van der Waals surface area (Å²) in [7, 11) is 1.59. The van der Waals surface area contributed by atoms with Gasteiger partial charge in [0.25, 0.3) is 11.5 Å². The van der Waals surface area contributed by atoms with Crippen LogP contribution in [0.4, 0.5) is 5.82 Å². The molecule has 2 aromatic rings. The van der Waals surface area contributed by atoms with E-state index in [0.717, 1.165) is 11.8 Å². The molecule has 9 heteroatoms. The molecule has 0 saturated carbocycles. The van der Waals surface area contributed by atoms with Crippen LogP contribution in [0.3, 0.4) is 0 Å². The molecule has 1 saturated heterocycles. The third kappa shape index (κ3) is 3.95. The Balaban J connectivity index is 2.09. The molecule has 3 heterocycles. The summed E-state index contributed by atoms with van der Waals surface area (Å²) in [6, 6.07) is 5.30. The van der Waals surface area contributed by atoms with Crippen LogP contribution in [0, 0.1) is 0 Å². The summed E-state index contributed by atoms with van der Waals surface area (Å²) >= 11 is 6.41. The van der Waals surface area contributed by atoms with Crippen LogP contribution in [0.2, 0.25) is 0 Å². The van der Waals surface area contributed by atoms with Gasteiger partial charge < -0.3 is 10.1 Å². The zero-order valence-corrected chi connectivity index (χ0v) is 16.3. The van der Waals surface area contributed by atoms with Crippen LogP contribution in [0.15, 0.2) is 46.8 Å². The highest BCUT2D eigenvalue weighted by Gasteiger charge is 2.31. The summed E-state index contributed by atoms with van der Waals surface area (Å²) in [5.41, 5.74) is 0.544. The number of carbonyl (C=O) groups is 1. The van der Waals surface area contributed by atoms with Crippen molar-refractivity contribution in [3.8, 4) is 0 Å². The van der Waals surface area contributed by atoms with Crippen LogP contribution in [0.1, 0.15) is 5.56 Å². The number of methoxy groups -OCH3 is 1. The Hall–Kier alpha value is -2.49. The van der Waals surface area contributed by atoms with E-state index in [1.807, 2.05) is 0 Å². The number of fused-ring (bicyclic) bond motifs is 1. The van der Waals surface area contributed by atoms with Gasteiger partial charge in [-0.25, -0.2) is 4.98 Å². The minimum atomic E-state index is -0.269. The lowest BCUT2D eigenvalue weighted by Gasteiger charge is -2.11. The molecular formula is C18H18N4O3S2. The average molecular weight is 403 g/mol. The van der Waals surface area contributed by atoms with Crippen molar-refractivity contribution >= 4 is 51.7 Å². The van der Waals surface area contributed by atoms with Gasteiger partial charge >= 0.3 is 0 Å². The summed E-state index contributed by atoms with van der Waals surface area (Å²) in [4.78, 5) is 31.9. The van der Waals surface area contributed by atoms with Crippen molar-refractivity contribution in [3.05, 3.63) is 57.9 Å². The Kier molecular flexibility index (Phi) is 6.04. The number of thioether (sulfide) groups is 1. The van der Waals surface area contributed by atoms with Gasteiger partial charge in [-0.05, 0) is 18.2 Å². The molecular weight excluding hydrogens is 384 g/mol. The minimum Gasteiger partial charge on any atom is -0.383 e. The van der Waals surface area contributed by atoms with Crippen molar-refractivity contribution < 1.29 is 9.53 Å². The van der Waals surface area contributed by atoms with Gasteiger partial charge in [0.1, 0.15) is 15.8 Å². The first-order chi connectivity index (χ1) is 13.1. The van der Waals surface area contributed by atoms with Crippen molar-refractivity contribution in [1.29, 1.82) is 0 Å². The van der Waals surface area contributed by atoms with E-state index in [4.69, 9.17) is 17.0 Å². The van der Waals surface area contributed by atoms with Gasteiger partial charge in [-0.2, -0.15) is 0 Å². The van der Waals surface area contributed by atoms with Crippen molar-refractivity contribution in [1.82, 2.24) is 14.3 Å². The van der Waals surface area contributed by atoms with Gasteiger partial charge in [0.2, 0.25) is 0 Å². The lowest BCUT2D eigenvalue weighted by Crippen LogP contribution is -2.28. The van der Waals surface area contributed by atoms with E-state index in [1.54, 1.807) is 43.7 Å². The van der Waals surface area contributed by atoms with Crippen LogP contribution in [0.25, 0.3) is 11.7 Å². The topological polar surface area (TPSA) is 75.9 Å². The van der Waals surface area contributed by atoms with E-state index in [9.17, 15) is 9.59 Å². The van der Waals surface area contributed by atoms with Crippen molar-refractivity contribution in [2.24, 2.45) is 0 Å². The van der Waals surface area contributed by atoms with Gasteiger partial charge in [-0.1, -0.05) is 36.1 Å². The number of anilines is 1. The largest absolute Gasteiger partial charge is 0.383 e. The lowest BCUT2D eigenvalue weighted by molar-refractivity contribution is -0.121. The second-order valence-electron chi connectivity index (χ2n) is 5.61. The zero-order chi connectivity index (χ0) is 19.4. The fourth-order valence-electron chi connectivity index (χ4n) is 2.56. The number of ether oxygens (including phenoxy) is 1. The summed E-state index contributed by atoms with van der Waals surface area (Å²) in [5, 5.41) is 3.11. The predicted octanol–water partition coefficient (Wildman–Crippen LogP) is 2.14. The second-order valence-corrected chi connectivity index (χ2v) is 7.28. The Bertz CT molecular complexity index is 1000. The van der Waals surface area contributed by atoms with Gasteiger partial charge in [-0.15, -0.1) is 6.58 Å². The highest BCUT2D eigenvalue weighted by molar-refractivity contribution is 8.26. The standard InChI is InChI=1S/C18H18N4O3S2/c1-3-8-22-17(24)13(27-18(22)26)11-12-15(19-7-10-25-2)20-14-6-4-5-9-21(14)16(12)23/h3-6,9,11,19H,1,7-8,10H2,2H3/b13-11+. The number of rotatable bonds is 7. The predicted molar refractivity (Wildman–Crippen MR) is 112 cm³/mol. The number of nitrogens with zero attached hydrogens (tertiary/aromatic N) is 3. The zero-order valence-electron chi connectivity index (χ0n) is 14.7. The summed E-state index contributed by atoms with van der Waals surface area (Å²) in [5.74, 6) is 0.155. The summed E-state index contributed by atoms with van der Waals surface area (Å²) in [6.45, 7) is 4.90. The summed E-state index contributed by atoms with van der Waals surface area (Å²) < 4.78 is 6.93. The molecule has 1 N–H and O–H groups in total. The van der Waals surface area contributed by atoms with Crippen molar-refractivity contribution in [3.63, 3.8) is 0 Å². The fraction of sp³-hybridized carbons (Fsp3) is 0.222. The van der Waals surface area contributed by atoms with Crippen LogP contribution < -0.4 is 10.9 Å². The molecule has 0 radical (unpaired) electrons. The number of amides is 1. The monoisotopic (exact) mass is 402 g/mol. The lowest BCUT2D eigenvalue weighted by atomic mass is 10.2. The van der Waals surface area contributed by atoms with Crippen LogP contribution in [0.5, 0.6) is 0 Å². The molecule has 0 bridgehead atoms. The first-order valence-corrected chi connectivity index (χ1v) is 9.39. The van der Waals surface area contributed by atoms with E-state index in [2.05, 4.69) is 16.9 Å². The third-order valence-electron chi connectivity index (χ3n) is 3.83. The first kappa shape index (κ1) is 19.3. The highest BCUT2D eigenvalue weighted by Crippen LogP contribution is 2.32. The Morgan fingerprint density at radius 3 is 2.96 bits per heavy atom. The molecule has 140 valence electrons. The maximum absolute atomic E-state index is 13.0. The van der Waals surface area contributed by atoms with Gasteiger partial charge in [0, 0.05) is 26.4 Å². The van der Waals surface area contributed by atoms with Gasteiger partial charge in [0.05, 0.1) is 17.1 Å². The minimum absolute atomic E-state index is 0.245. The third-order valence-corrected chi connectivity index (χ3v) is 5.21. The number of pyridine rings is 1. The molecule has 0 unspecified atom stereocenters. The number of aromatic nitrogens is 2. The molecule has 1 fully saturated rings. The van der Waals surface area contributed by atoms with Crippen molar-refractivity contribution in [2.75, 3.05) is 32.1 Å². The van der Waals surface area contributed by atoms with E-state index in [1.165, 1.54) is 9.30 Å². The maximum Gasteiger partial charge on any atom is 0.267 e.